The first-order valence-electron chi connectivity index (χ1n) is 4.70. The van der Waals surface area contributed by atoms with E-state index < -0.39 is 5.97 Å². The summed E-state index contributed by atoms with van der Waals surface area (Å²) in [4.78, 5) is 10.9. The first kappa shape index (κ1) is 15.2. The zero-order valence-corrected chi connectivity index (χ0v) is 10.3. The predicted molar refractivity (Wildman–Crippen MR) is 60.1 cm³/mol. The van der Waals surface area contributed by atoms with E-state index in [1.807, 2.05) is 36.4 Å². The van der Waals surface area contributed by atoms with E-state index in [1.54, 1.807) is 18.2 Å². The molecule has 0 spiro atoms. The topological polar surface area (TPSA) is 50.1 Å². The van der Waals surface area contributed by atoms with Crippen LogP contribution in [0.4, 0.5) is 0 Å². The fraction of sp³-hybridized carbons (Fsp3) is 0.0769. The van der Waals surface area contributed by atoms with Crippen molar-refractivity contribution in [1.82, 2.24) is 0 Å². The van der Waals surface area contributed by atoms with Gasteiger partial charge in [-0.2, -0.15) is 30.3 Å². The van der Waals surface area contributed by atoms with Crippen LogP contribution in [0.1, 0.15) is 15.9 Å². The summed E-state index contributed by atoms with van der Waals surface area (Å²) in [6.45, 7) is 0. The van der Waals surface area contributed by atoms with Crippen LogP contribution in [0.2, 0.25) is 0 Å². The van der Waals surface area contributed by atoms with Gasteiger partial charge in [0.15, 0.2) is 0 Å². The Hall–Kier alpha value is -1.82. The van der Waals surface area contributed by atoms with E-state index in [0.717, 1.165) is 0 Å². The van der Waals surface area contributed by atoms with Gasteiger partial charge in [-0.3, -0.25) is 10.1 Å². The van der Waals surface area contributed by atoms with Crippen LogP contribution >= 0.6 is 0 Å². The van der Waals surface area contributed by atoms with E-state index >= 15 is 0 Å². The number of carbonyl (C=O) groups is 1. The van der Waals surface area contributed by atoms with Crippen LogP contribution in [0, 0.1) is 11.3 Å². The van der Waals surface area contributed by atoms with Crippen molar-refractivity contribution in [3.05, 3.63) is 59.7 Å². The van der Waals surface area contributed by atoms with Gasteiger partial charge in [-0.25, -0.2) is 12.1 Å². The van der Waals surface area contributed by atoms with Crippen molar-refractivity contribution >= 4 is 5.97 Å². The number of rotatable bonds is 1. The Bertz CT molecular complexity index is 449. The molecule has 0 atom stereocenters. The van der Waals surface area contributed by atoms with Crippen molar-refractivity contribution in [2.24, 2.45) is 0 Å². The van der Waals surface area contributed by atoms with Gasteiger partial charge in [0.05, 0.1) is 7.11 Å². The van der Waals surface area contributed by atoms with Crippen LogP contribution in [0.15, 0.2) is 48.5 Å². The Balaban J connectivity index is 0.000000360. The largest absolute Gasteiger partial charge is 0.472 e. The molecule has 0 bridgehead atoms. The molecular weight excluding hydrogens is 258 g/mol. The van der Waals surface area contributed by atoms with Gasteiger partial charge in [0.2, 0.25) is 0 Å². The van der Waals surface area contributed by atoms with Crippen LogP contribution in [-0.2, 0) is 21.8 Å². The molecule has 17 heavy (non-hydrogen) atoms. The maximum absolute atomic E-state index is 10.9. The monoisotopic (exact) mass is 269 g/mol. The number of methoxy groups -OCH3 is 1. The van der Waals surface area contributed by atoms with E-state index in [9.17, 15) is 4.79 Å². The zero-order valence-electron chi connectivity index (χ0n) is 9.24. The average Bonchev–Trinajstić information content (AvgIpc) is 3.00. The molecular formula is C13H11FeNO2-2. The van der Waals surface area contributed by atoms with E-state index in [-0.39, 0.29) is 17.1 Å². The standard InChI is InChI=1S/C8H6NO2.C5H5.Fe/c1-11-8(10)7-4-2-3-6(7)5-9;1-2-4-5-3-1;/h2-4H,1H3;1-5H;/q2*-1;. The van der Waals surface area contributed by atoms with E-state index in [4.69, 9.17) is 5.26 Å². The normalized spacial score (nSPS) is 8.00. The van der Waals surface area contributed by atoms with Gasteiger partial charge in [0, 0.05) is 17.1 Å². The molecule has 0 aliphatic rings. The fourth-order valence-corrected chi connectivity index (χ4v) is 1.13. The Morgan fingerprint density at radius 2 is 2.06 bits per heavy atom. The molecule has 90 valence electrons. The van der Waals surface area contributed by atoms with E-state index in [1.165, 1.54) is 7.11 Å². The Labute approximate surface area is 111 Å². The number of ether oxygens (including phenoxy) is 1. The quantitative estimate of drug-likeness (QED) is 0.454. The van der Waals surface area contributed by atoms with Gasteiger partial charge in [0.25, 0.3) is 5.97 Å². The number of esters is 1. The minimum Gasteiger partial charge on any atom is -0.472 e. The zero-order chi connectivity index (χ0) is 11.8. The predicted octanol–water partition coefficient (Wildman–Crippen LogP) is 2.47. The molecule has 0 unspecified atom stereocenters. The summed E-state index contributed by atoms with van der Waals surface area (Å²) in [7, 11) is 1.29. The summed E-state index contributed by atoms with van der Waals surface area (Å²) in [5, 5.41) is 8.49. The van der Waals surface area contributed by atoms with Gasteiger partial charge in [-0.05, 0) is 11.6 Å². The van der Waals surface area contributed by atoms with Crippen LogP contribution in [0.5, 0.6) is 0 Å². The third-order valence-corrected chi connectivity index (χ3v) is 1.90. The average molecular weight is 269 g/mol. The third kappa shape index (κ3) is 4.69. The Morgan fingerprint density at radius 1 is 1.41 bits per heavy atom. The van der Waals surface area contributed by atoms with Crippen molar-refractivity contribution in [1.29, 1.82) is 5.26 Å². The van der Waals surface area contributed by atoms with Crippen LogP contribution in [-0.4, -0.2) is 13.1 Å². The summed E-state index contributed by atoms with van der Waals surface area (Å²) >= 11 is 0. The molecule has 0 fully saturated rings. The minimum absolute atomic E-state index is 0. The van der Waals surface area contributed by atoms with Gasteiger partial charge >= 0.3 is 0 Å². The SMILES string of the molecule is COC(=O)[c-]1cccc1C#N.[Fe].c1cc[cH-]c1. The molecule has 0 saturated carbocycles. The third-order valence-electron chi connectivity index (χ3n) is 1.90. The molecule has 0 aromatic heterocycles. The number of hydrogen-bond acceptors (Lipinski definition) is 3. The van der Waals surface area contributed by atoms with E-state index in [2.05, 4.69) is 4.74 Å². The van der Waals surface area contributed by atoms with Crippen molar-refractivity contribution in [2.75, 3.05) is 7.11 Å². The summed E-state index contributed by atoms with van der Waals surface area (Å²) in [5.41, 5.74) is 0.687. The smallest absolute Gasteiger partial charge is 0.295 e. The van der Waals surface area contributed by atoms with Gasteiger partial charge < -0.3 is 4.74 Å². The molecule has 0 aliphatic heterocycles. The van der Waals surface area contributed by atoms with Crippen molar-refractivity contribution in [2.45, 2.75) is 0 Å². The second kappa shape index (κ2) is 8.35. The molecule has 3 nitrogen and oxygen atoms in total. The van der Waals surface area contributed by atoms with Crippen molar-refractivity contribution < 1.29 is 26.6 Å². The molecule has 0 amide bonds. The summed E-state index contributed by atoms with van der Waals surface area (Å²) < 4.78 is 4.45. The Kier molecular flexibility index (Phi) is 7.45. The molecule has 0 aliphatic carbocycles. The number of carbonyl (C=O) groups excluding carboxylic acids is 1. The second-order valence-electron chi connectivity index (χ2n) is 2.92. The van der Waals surface area contributed by atoms with Gasteiger partial charge in [-0.15, -0.1) is 6.07 Å². The maximum atomic E-state index is 10.9. The molecule has 0 heterocycles. The summed E-state index contributed by atoms with van der Waals surface area (Å²) in [6, 6.07) is 16.7. The van der Waals surface area contributed by atoms with E-state index in [0.29, 0.717) is 11.1 Å². The van der Waals surface area contributed by atoms with Crippen LogP contribution in [0.25, 0.3) is 0 Å². The van der Waals surface area contributed by atoms with Gasteiger partial charge in [-0.1, -0.05) is 5.56 Å². The molecule has 2 rings (SSSR count). The van der Waals surface area contributed by atoms with Crippen molar-refractivity contribution in [3.63, 3.8) is 0 Å². The number of hydrogen-bond donors (Lipinski definition) is 0. The molecule has 2 aromatic rings. The molecule has 0 radical (unpaired) electrons. The molecule has 4 heteroatoms. The number of nitrogens with zero attached hydrogens (tertiary/aromatic N) is 1. The van der Waals surface area contributed by atoms with Gasteiger partial charge in [0.1, 0.15) is 0 Å². The van der Waals surface area contributed by atoms with Crippen LogP contribution in [0.3, 0.4) is 0 Å². The molecule has 0 N–H and O–H groups in total. The molecule has 0 saturated heterocycles. The maximum Gasteiger partial charge on any atom is 0.295 e. The first-order valence-corrected chi connectivity index (χ1v) is 4.70. The fourth-order valence-electron chi connectivity index (χ4n) is 1.13. The van der Waals surface area contributed by atoms with Crippen LogP contribution < -0.4 is 0 Å². The Morgan fingerprint density at radius 3 is 2.47 bits per heavy atom. The van der Waals surface area contributed by atoms with Crippen molar-refractivity contribution in [3.8, 4) is 6.07 Å². The summed E-state index contributed by atoms with van der Waals surface area (Å²) in [6.07, 6.45) is 0. The first-order chi connectivity index (χ1) is 7.79. The minimum atomic E-state index is -0.466. The second-order valence-corrected chi connectivity index (χ2v) is 2.92. The molecule has 2 aromatic carbocycles. The summed E-state index contributed by atoms with van der Waals surface area (Å²) in [5.74, 6) is -0.466. The number of nitriles is 1.